The van der Waals surface area contributed by atoms with E-state index in [4.69, 9.17) is 9.47 Å². The molecule has 0 aliphatic carbocycles. The molecule has 0 aliphatic rings. The van der Waals surface area contributed by atoms with Crippen LogP contribution in [0, 0.1) is 0 Å². The van der Waals surface area contributed by atoms with Gasteiger partial charge in [-0.2, -0.15) is 8.78 Å². The van der Waals surface area contributed by atoms with Crippen LogP contribution in [-0.2, 0) is 16.0 Å². The standard InChI is InChI=1S/C23H22F2N2O5S/c1-4-14-5-7-15(8-6-14)17-12-33-23(26-17)27-20(28)13(2)31-21(29)16-9-10-18(32-22(24)25)19(11-16)30-3/h5-13,22H,4H2,1-3H3,(H,26,27,28)/t13-/m0/s1. The monoisotopic (exact) mass is 476 g/mol. The van der Waals surface area contributed by atoms with E-state index in [0.717, 1.165) is 23.7 Å². The van der Waals surface area contributed by atoms with Crippen LogP contribution in [0.25, 0.3) is 11.3 Å². The van der Waals surface area contributed by atoms with Gasteiger partial charge >= 0.3 is 12.6 Å². The Kier molecular flexibility index (Phi) is 7.94. The number of hydrogen-bond acceptors (Lipinski definition) is 7. The second kappa shape index (κ2) is 10.9. The van der Waals surface area contributed by atoms with Crippen molar-refractivity contribution in [3.63, 3.8) is 0 Å². The number of carbonyl (C=O) groups excluding carboxylic acids is 2. The molecular formula is C23H22F2N2O5S. The molecule has 0 unspecified atom stereocenters. The summed E-state index contributed by atoms with van der Waals surface area (Å²) in [6.07, 6.45) is -0.188. The molecule has 3 aromatic rings. The van der Waals surface area contributed by atoms with Crippen molar-refractivity contribution in [1.29, 1.82) is 0 Å². The highest BCUT2D eigenvalue weighted by Gasteiger charge is 2.22. The lowest BCUT2D eigenvalue weighted by Crippen LogP contribution is -2.30. The van der Waals surface area contributed by atoms with Gasteiger partial charge in [0.1, 0.15) is 0 Å². The van der Waals surface area contributed by atoms with Crippen molar-refractivity contribution in [3.8, 4) is 22.8 Å². The molecule has 1 N–H and O–H groups in total. The summed E-state index contributed by atoms with van der Waals surface area (Å²) in [4.78, 5) is 29.3. The number of aromatic nitrogens is 1. The molecule has 3 rings (SSSR count). The van der Waals surface area contributed by atoms with Gasteiger partial charge in [-0.1, -0.05) is 31.2 Å². The van der Waals surface area contributed by atoms with E-state index in [0.29, 0.717) is 5.13 Å². The Hall–Kier alpha value is -3.53. The van der Waals surface area contributed by atoms with Gasteiger partial charge in [0.05, 0.1) is 18.4 Å². The van der Waals surface area contributed by atoms with E-state index < -0.39 is 24.6 Å². The Morgan fingerprint density at radius 1 is 1.12 bits per heavy atom. The van der Waals surface area contributed by atoms with Crippen LogP contribution >= 0.6 is 11.3 Å². The average molecular weight is 477 g/mol. The van der Waals surface area contributed by atoms with E-state index in [1.54, 1.807) is 0 Å². The highest BCUT2D eigenvalue weighted by atomic mass is 32.1. The van der Waals surface area contributed by atoms with E-state index in [1.165, 1.54) is 43.1 Å². The van der Waals surface area contributed by atoms with Gasteiger partial charge in [0.25, 0.3) is 5.91 Å². The lowest BCUT2D eigenvalue weighted by Gasteiger charge is -2.14. The minimum Gasteiger partial charge on any atom is -0.493 e. The van der Waals surface area contributed by atoms with Crippen LogP contribution in [0.5, 0.6) is 11.5 Å². The van der Waals surface area contributed by atoms with E-state index in [-0.39, 0.29) is 17.1 Å². The molecule has 0 radical (unpaired) electrons. The summed E-state index contributed by atoms with van der Waals surface area (Å²) in [5.41, 5.74) is 2.88. The Morgan fingerprint density at radius 2 is 1.85 bits per heavy atom. The molecule has 0 aliphatic heterocycles. The number of methoxy groups -OCH3 is 1. The van der Waals surface area contributed by atoms with Crippen molar-refractivity contribution in [1.82, 2.24) is 4.98 Å². The number of nitrogens with one attached hydrogen (secondary N) is 1. The van der Waals surface area contributed by atoms with Gasteiger partial charge in [0.15, 0.2) is 22.7 Å². The molecular weight excluding hydrogens is 454 g/mol. The number of thiazole rings is 1. The Labute approximate surface area is 193 Å². The van der Waals surface area contributed by atoms with Crippen molar-refractivity contribution in [2.45, 2.75) is 33.0 Å². The Balaban J connectivity index is 1.61. The zero-order valence-electron chi connectivity index (χ0n) is 18.1. The van der Waals surface area contributed by atoms with Crippen LogP contribution in [0.3, 0.4) is 0 Å². The average Bonchev–Trinajstić information content (AvgIpc) is 3.27. The van der Waals surface area contributed by atoms with Crippen LogP contribution in [0.4, 0.5) is 13.9 Å². The maximum Gasteiger partial charge on any atom is 0.387 e. The summed E-state index contributed by atoms with van der Waals surface area (Å²) in [7, 11) is 1.25. The number of amides is 1. The maximum absolute atomic E-state index is 12.5. The smallest absolute Gasteiger partial charge is 0.387 e. The largest absolute Gasteiger partial charge is 0.493 e. The lowest BCUT2D eigenvalue weighted by atomic mass is 10.1. The first-order valence-electron chi connectivity index (χ1n) is 10.00. The van der Waals surface area contributed by atoms with Crippen LogP contribution in [0.1, 0.15) is 29.8 Å². The number of ether oxygens (including phenoxy) is 3. The van der Waals surface area contributed by atoms with Gasteiger partial charge in [0, 0.05) is 10.9 Å². The van der Waals surface area contributed by atoms with Gasteiger partial charge in [-0.25, -0.2) is 9.78 Å². The number of aryl methyl sites for hydroxylation is 1. The fourth-order valence-corrected chi connectivity index (χ4v) is 3.57. The van der Waals surface area contributed by atoms with Crippen molar-refractivity contribution in [2.75, 3.05) is 12.4 Å². The third-order valence-electron chi connectivity index (χ3n) is 4.66. The molecule has 1 aromatic heterocycles. The van der Waals surface area contributed by atoms with Crippen molar-refractivity contribution in [2.24, 2.45) is 0 Å². The first kappa shape index (κ1) is 24.1. The summed E-state index contributed by atoms with van der Waals surface area (Å²) in [6, 6.07) is 11.6. The quantitative estimate of drug-likeness (QED) is 0.429. The first-order chi connectivity index (χ1) is 15.8. The predicted molar refractivity (Wildman–Crippen MR) is 120 cm³/mol. The normalized spacial score (nSPS) is 11.7. The molecule has 1 heterocycles. The third kappa shape index (κ3) is 6.26. The van der Waals surface area contributed by atoms with Gasteiger partial charge in [-0.05, 0) is 37.1 Å². The zero-order chi connectivity index (χ0) is 24.0. The number of anilines is 1. The predicted octanol–water partition coefficient (Wildman–Crippen LogP) is 5.17. The number of carbonyl (C=O) groups is 2. The van der Waals surface area contributed by atoms with Gasteiger partial charge in [-0.15, -0.1) is 11.3 Å². The third-order valence-corrected chi connectivity index (χ3v) is 5.42. The maximum atomic E-state index is 12.5. The number of esters is 1. The lowest BCUT2D eigenvalue weighted by molar-refractivity contribution is -0.123. The molecule has 0 fully saturated rings. The van der Waals surface area contributed by atoms with Crippen LogP contribution in [0.2, 0.25) is 0 Å². The second-order valence-electron chi connectivity index (χ2n) is 6.87. The molecule has 10 heteroatoms. The Morgan fingerprint density at radius 3 is 2.48 bits per heavy atom. The summed E-state index contributed by atoms with van der Waals surface area (Å²) in [5, 5.41) is 4.82. The molecule has 2 aromatic carbocycles. The highest BCUT2D eigenvalue weighted by molar-refractivity contribution is 7.14. The van der Waals surface area contributed by atoms with Crippen molar-refractivity contribution in [3.05, 3.63) is 59.0 Å². The summed E-state index contributed by atoms with van der Waals surface area (Å²) < 4.78 is 39.4. The summed E-state index contributed by atoms with van der Waals surface area (Å²) in [6.45, 7) is 0.450. The van der Waals surface area contributed by atoms with E-state index in [9.17, 15) is 18.4 Å². The highest BCUT2D eigenvalue weighted by Crippen LogP contribution is 2.30. The summed E-state index contributed by atoms with van der Waals surface area (Å²) >= 11 is 1.25. The van der Waals surface area contributed by atoms with E-state index >= 15 is 0 Å². The minimum absolute atomic E-state index is 0.0141. The first-order valence-corrected chi connectivity index (χ1v) is 10.9. The summed E-state index contributed by atoms with van der Waals surface area (Å²) in [5.74, 6) is -1.67. The van der Waals surface area contributed by atoms with Gasteiger partial charge in [0.2, 0.25) is 0 Å². The number of nitrogens with zero attached hydrogens (tertiary/aromatic N) is 1. The molecule has 0 bridgehead atoms. The van der Waals surface area contributed by atoms with Crippen LogP contribution in [-0.4, -0.2) is 36.7 Å². The number of benzene rings is 2. The molecule has 1 atom stereocenters. The fraction of sp³-hybridized carbons (Fsp3) is 0.261. The zero-order valence-corrected chi connectivity index (χ0v) is 18.9. The minimum atomic E-state index is -3.04. The van der Waals surface area contributed by atoms with E-state index in [1.807, 2.05) is 29.6 Å². The Bertz CT molecular complexity index is 1120. The molecule has 7 nitrogen and oxygen atoms in total. The molecule has 174 valence electrons. The molecule has 33 heavy (non-hydrogen) atoms. The number of hydrogen-bond donors (Lipinski definition) is 1. The molecule has 0 spiro atoms. The fourth-order valence-electron chi connectivity index (χ4n) is 2.85. The van der Waals surface area contributed by atoms with Crippen molar-refractivity contribution < 1.29 is 32.6 Å². The molecule has 0 saturated carbocycles. The number of alkyl halides is 2. The van der Waals surface area contributed by atoms with Gasteiger partial charge in [-0.3, -0.25) is 10.1 Å². The molecule has 0 saturated heterocycles. The van der Waals surface area contributed by atoms with E-state index in [2.05, 4.69) is 22.0 Å². The number of halogens is 2. The van der Waals surface area contributed by atoms with Crippen LogP contribution < -0.4 is 14.8 Å². The molecule has 1 amide bonds. The topological polar surface area (TPSA) is 86.8 Å². The van der Waals surface area contributed by atoms with Crippen molar-refractivity contribution >= 4 is 28.3 Å². The SMILES string of the molecule is CCc1ccc(-c2csc(NC(=O)[C@H](C)OC(=O)c3ccc(OC(F)F)c(OC)c3)n2)cc1. The van der Waals surface area contributed by atoms with Gasteiger partial charge < -0.3 is 14.2 Å². The van der Waals surface area contributed by atoms with Crippen LogP contribution in [0.15, 0.2) is 47.8 Å². The second-order valence-corrected chi connectivity index (χ2v) is 7.73. The number of rotatable bonds is 9.